The van der Waals surface area contributed by atoms with Gasteiger partial charge in [0.15, 0.2) is 0 Å². The molecule has 2 rings (SSSR count). The van der Waals surface area contributed by atoms with Gasteiger partial charge < -0.3 is 9.47 Å². The predicted molar refractivity (Wildman–Crippen MR) is 105 cm³/mol. The molecule has 148 valence electrons. The normalized spacial score (nSPS) is 11.6. The molecule has 2 aromatic carbocycles. The van der Waals surface area contributed by atoms with E-state index in [1.807, 2.05) is 25.1 Å². The minimum Gasteiger partial charge on any atom is -0.379 e. The van der Waals surface area contributed by atoms with Crippen molar-refractivity contribution >= 4 is 10.1 Å². The first kappa shape index (κ1) is 21.6. The molecule has 0 aliphatic rings. The molecule has 2 aromatic rings. The second-order valence-corrected chi connectivity index (χ2v) is 7.92. The van der Waals surface area contributed by atoms with E-state index in [0.29, 0.717) is 13.2 Å². The maximum absolute atomic E-state index is 12.0. The van der Waals surface area contributed by atoms with E-state index in [1.54, 1.807) is 24.3 Å². The number of aryl methyl sites for hydroxylation is 1. The van der Waals surface area contributed by atoms with Gasteiger partial charge in [0.05, 0.1) is 24.7 Å². The molecule has 0 aliphatic heterocycles. The molecule has 0 spiro atoms. The lowest BCUT2D eigenvalue weighted by Crippen LogP contribution is -2.12. The summed E-state index contributed by atoms with van der Waals surface area (Å²) in [4.78, 5) is 0.170. The Morgan fingerprint density at radius 2 is 1.41 bits per heavy atom. The molecule has 0 aliphatic carbocycles. The molecular formula is C21H28O5S. The highest BCUT2D eigenvalue weighted by molar-refractivity contribution is 7.86. The molecule has 0 aromatic heterocycles. The maximum Gasteiger partial charge on any atom is 0.297 e. The Bertz CT molecular complexity index is 742. The summed E-state index contributed by atoms with van der Waals surface area (Å²) in [7, 11) is -3.70. The predicted octanol–water partition coefficient (Wildman–Crippen LogP) is 4.10. The van der Waals surface area contributed by atoms with Gasteiger partial charge in [0.1, 0.15) is 0 Å². The van der Waals surface area contributed by atoms with Crippen LogP contribution in [0, 0.1) is 6.92 Å². The Labute approximate surface area is 162 Å². The molecule has 0 bridgehead atoms. The molecule has 6 heteroatoms. The van der Waals surface area contributed by atoms with E-state index in [-0.39, 0.29) is 18.1 Å². The van der Waals surface area contributed by atoms with Crippen LogP contribution in [0.25, 0.3) is 0 Å². The van der Waals surface area contributed by atoms with Crippen molar-refractivity contribution in [1.82, 2.24) is 0 Å². The standard InChI is InChI=1S/C21H28O5S/c1-19-10-12-21(13-11-19)27(22,23)26-17-16-24-14-6-3-7-15-25-18-20-8-4-2-5-9-20/h2,4-5,8-13H,3,6-7,14-18H2,1H3. The van der Waals surface area contributed by atoms with Gasteiger partial charge in [-0.15, -0.1) is 0 Å². The number of hydrogen-bond donors (Lipinski definition) is 0. The van der Waals surface area contributed by atoms with Crippen LogP contribution in [0.3, 0.4) is 0 Å². The molecule has 27 heavy (non-hydrogen) atoms. The highest BCUT2D eigenvalue weighted by Crippen LogP contribution is 2.13. The van der Waals surface area contributed by atoms with Crippen LogP contribution in [0.4, 0.5) is 0 Å². The van der Waals surface area contributed by atoms with E-state index in [4.69, 9.17) is 13.7 Å². The van der Waals surface area contributed by atoms with Crippen LogP contribution in [-0.2, 0) is 30.4 Å². The van der Waals surface area contributed by atoms with E-state index >= 15 is 0 Å². The van der Waals surface area contributed by atoms with Gasteiger partial charge >= 0.3 is 0 Å². The fraction of sp³-hybridized carbons (Fsp3) is 0.429. The van der Waals surface area contributed by atoms with Gasteiger partial charge in [-0.2, -0.15) is 8.42 Å². The molecule has 0 radical (unpaired) electrons. The summed E-state index contributed by atoms with van der Waals surface area (Å²) < 4.78 is 40.0. The van der Waals surface area contributed by atoms with Crippen molar-refractivity contribution < 1.29 is 22.1 Å². The lowest BCUT2D eigenvalue weighted by Gasteiger charge is -2.07. The van der Waals surface area contributed by atoms with Crippen LogP contribution in [0.1, 0.15) is 30.4 Å². The van der Waals surface area contributed by atoms with Crippen molar-refractivity contribution in [2.24, 2.45) is 0 Å². The van der Waals surface area contributed by atoms with E-state index in [2.05, 4.69) is 12.1 Å². The average molecular weight is 393 g/mol. The third kappa shape index (κ3) is 8.67. The summed E-state index contributed by atoms with van der Waals surface area (Å²) in [5, 5.41) is 0. The molecular weight excluding hydrogens is 364 g/mol. The van der Waals surface area contributed by atoms with Crippen molar-refractivity contribution in [1.29, 1.82) is 0 Å². The Morgan fingerprint density at radius 3 is 2.11 bits per heavy atom. The summed E-state index contributed by atoms with van der Waals surface area (Å²) >= 11 is 0. The molecule has 0 unspecified atom stereocenters. The Balaban J connectivity index is 1.45. The second kappa shape index (κ2) is 11.9. The number of ether oxygens (including phenoxy) is 2. The molecule has 0 amide bonds. The average Bonchev–Trinajstić information content (AvgIpc) is 2.67. The zero-order valence-corrected chi connectivity index (χ0v) is 16.6. The van der Waals surface area contributed by atoms with Crippen LogP contribution in [0.5, 0.6) is 0 Å². The van der Waals surface area contributed by atoms with Gasteiger partial charge in [-0.25, -0.2) is 0 Å². The summed E-state index contributed by atoms with van der Waals surface area (Å²) in [6.07, 6.45) is 2.91. The number of hydrogen-bond acceptors (Lipinski definition) is 5. The summed E-state index contributed by atoms with van der Waals surface area (Å²) in [6.45, 7) is 4.15. The largest absolute Gasteiger partial charge is 0.379 e. The van der Waals surface area contributed by atoms with Crippen molar-refractivity contribution in [3.05, 3.63) is 65.7 Å². The maximum atomic E-state index is 12.0. The second-order valence-electron chi connectivity index (χ2n) is 6.30. The first-order chi connectivity index (χ1) is 13.1. The van der Waals surface area contributed by atoms with Crippen LogP contribution >= 0.6 is 0 Å². The van der Waals surface area contributed by atoms with Crippen LogP contribution < -0.4 is 0 Å². The number of rotatable bonds is 13. The Morgan fingerprint density at radius 1 is 0.741 bits per heavy atom. The first-order valence-corrected chi connectivity index (χ1v) is 10.6. The summed E-state index contributed by atoms with van der Waals surface area (Å²) in [5.41, 5.74) is 2.18. The lowest BCUT2D eigenvalue weighted by molar-refractivity contribution is 0.0919. The van der Waals surface area contributed by atoms with Crippen molar-refractivity contribution in [2.45, 2.75) is 37.7 Å². The molecule has 0 saturated carbocycles. The van der Waals surface area contributed by atoms with E-state index in [0.717, 1.165) is 31.4 Å². The molecule has 0 saturated heterocycles. The Kier molecular flexibility index (Phi) is 9.48. The summed E-state index contributed by atoms with van der Waals surface area (Å²) in [5.74, 6) is 0. The number of benzene rings is 2. The monoisotopic (exact) mass is 392 g/mol. The first-order valence-electron chi connectivity index (χ1n) is 9.23. The summed E-state index contributed by atoms with van der Waals surface area (Å²) in [6, 6.07) is 16.7. The quantitative estimate of drug-likeness (QED) is 0.379. The van der Waals surface area contributed by atoms with Crippen LogP contribution in [0.15, 0.2) is 59.5 Å². The van der Waals surface area contributed by atoms with Gasteiger partial charge in [0, 0.05) is 13.2 Å². The smallest absolute Gasteiger partial charge is 0.297 e. The van der Waals surface area contributed by atoms with Crippen molar-refractivity contribution in [2.75, 3.05) is 26.4 Å². The SMILES string of the molecule is Cc1ccc(S(=O)(=O)OCCOCCCCCOCc2ccccc2)cc1. The van der Waals surface area contributed by atoms with Gasteiger partial charge in [0.25, 0.3) is 10.1 Å². The zero-order valence-electron chi connectivity index (χ0n) is 15.8. The van der Waals surface area contributed by atoms with E-state index < -0.39 is 10.1 Å². The highest BCUT2D eigenvalue weighted by atomic mass is 32.2. The van der Waals surface area contributed by atoms with Crippen LogP contribution in [0.2, 0.25) is 0 Å². The Hall–Kier alpha value is -1.73. The molecule has 5 nitrogen and oxygen atoms in total. The minimum absolute atomic E-state index is 0.0242. The third-order valence-electron chi connectivity index (χ3n) is 3.96. The lowest BCUT2D eigenvalue weighted by atomic mass is 10.2. The van der Waals surface area contributed by atoms with Gasteiger partial charge in [-0.1, -0.05) is 48.0 Å². The van der Waals surface area contributed by atoms with Gasteiger partial charge in [-0.3, -0.25) is 4.18 Å². The van der Waals surface area contributed by atoms with Crippen molar-refractivity contribution in [3.8, 4) is 0 Å². The van der Waals surface area contributed by atoms with Gasteiger partial charge in [-0.05, 0) is 43.9 Å². The third-order valence-corrected chi connectivity index (χ3v) is 5.29. The molecule has 0 N–H and O–H groups in total. The zero-order chi connectivity index (χ0) is 19.4. The van der Waals surface area contributed by atoms with Crippen LogP contribution in [-0.4, -0.2) is 34.8 Å². The fourth-order valence-electron chi connectivity index (χ4n) is 2.43. The van der Waals surface area contributed by atoms with E-state index in [1.165, 1.54) is 5.56 Å². The molecule has 0 heterocycles. The molecule has 0 fully saturated rings. The fourth-order valence-corrected chi connectivity index (χ4v) is 3.32. The minimum atomic E-state index is -3.70. The van der Waals surface area contributed by atoms with Gasteiger partial charge in [0.2, 0.25) is 0 Å². The van der Waals surface area contributed by atoms with Crippen molar-refractivity contribution in [3.63, 3.8) is 0 Å². The number of unbranched alkanes of at least 4 members (excludes halogenated alkanes) is 2. The topological polar surface area (TPSA) is 61.8 Å². The molecule has 0 atom stereocenters. The highest BCUT2D eigenvalue weighted by Gasteiger charge is 2.14. The van der Waals surface area contributed by atoms with E-state index in [9.17, 15) is 8.42 Å².